The van der Waals surface area contributed by atoms with Crippen LogP contribution < -0.4 is 5.32 Å². The van der Waals surface area contributed by atoms with Crippen molar-refractivity contribution in [1.29, 1.82) is 0 Å². The van der Waals surface area contributed by atoms with E-state index in [1.165, 1.54) is 83.5 Å². The summed E-state index contributed by atoms with van der Waals surface area (Å²) in [5.41, 5.74) is 1.01. The summed E-state index contributed by atoms with van der Waals surface area (Å²) in [6.45, 7) is 24.4. The van der Waals surface area contributed by atoms with Crippen molar-refractivity contribution in [2.24, 2.45) is 28.1 Å². The Morgan fingerprint density at radius 2 is 1.03 bits per heavy atom. The van der Waals surface area contributed by atoms with Crippen LogP contribution in [0, 0.1) is 28.1 Å². The molecule has 0 aliphatic heterocycles. The highest BCUT2D eigenvalue weighted by molar-refractivity contribution is 5.58. The quantitative estimate of drug-likeness (QED) is 0.147. The predicted molar refractivity (Wildman–Crippen MR) is 155 cm³/mol. The van der Waals surface area contributed by atoms with Gasteiger partial charge in [0.15, 0.2) is 0 Å². The summed E-state index contributed by atoms with van der Waals surface area (Å²) in [6.07, 6.45) is 17.0. The van der Waals surface area contributed by atoms with Crippen LogP contribution >= 0.6 is 0 Å². The molecule has 0 saturated heterocycles. The molecule has 0 fully saturated rings. The Labute approximate surface area is 221 Å². The number of aliphatic hydroxyl groups is 1. The highest BCUT2D eigenvalue weighted by Gasteiger charge is 2.57. The standard InChI is InChI=1S/C32H65NO2/c1-11-17-31(18-12-2,19-13-3)30(10,32(20-14-4,21-15-5)22-16-6)23-26(7)27(8)24-33-29(25-34)28(9)35/h25-29,33,35H,11-24H2,1-10H3/t26?,27?,28-,29-/m0/s1. The largest absolute Gasteiger partial charge is 0.391 e. The summed E-state index contributed by atoms with van der Waals surface area (Å²) in [5.74, 6) is 0.990. The van der Waals surface area contributed by atoms with Gasteiger partial charge in [0.05, 0.1) is 12.1 Å². The fraction of sp³-hybridized carbons (Fsp3) is 0.969. The van der Waals surface area contributed by atoms with Crippen molar-refractivity contribution >= 4 is 6.29 Å². The zero-order chi connectivity index (χ0) is 27.1. The Morgan fingerprint density at radius 3 is 1.29 bits per heavy atom. The summed E-state index contributed by atoms with van der Waals surface area (Å²) >= 11 is 0. The summed E-state index contributed by atoms with van der Waals surface area (Å²) in [5, 5.41) is 13.3. The van der Waals surface area contributed by atoms with Gasteiger partial charge in [0, 0.05) is 0 Å². The first kappa shape index (κ1) is 34.6. The summed E-state index contributed by atoms with van der Waals surface area (Å²) in [4.78, 5) is 11.4. The second-order valence-corrected chi connectivity index (χ2v) is 12.4. The lowest BCUT2D eigenvalue weighted by atomic mass is 9.43. The predicted octanol–water partition coefficient (Wildman–Crippen LogP) is 8.97. The van der Waals surface area contributed by atoms with Gasteiger partial charge in [-0.1, -0.05) is 101 Å². The monoisotopic (exact) mass is 496 g/mol. The normalized spacial score (nSPS) is 16.7. The van der Waals surface area contributed by atoms with E-state index in [9.17, 15) is 9.90 Å². The van der Waals surface area contributed by atoms with Gasteiger partial charge in [-0.15, -0.1) is 0 Å². The minimum atomic E-state index is -0.655. The van der Waals surface area contributed by atoms with Gasteiger partial charge >= 0.3 is 0 Å². The average molecular weight is 496 g/mol. The van der Waals surface area contributed by atoms with E-state index in [-0.39, 0.29) is 5.41 Å². The summed E-state index contributed by atoms with van der Waals surface area (Å²) in [7, 11) is 0. The maximum Gasteiger partial charge on any atom is 0.139 e. The van der Waals surface area contributed by atoms with Crippen molar-refractivity contribution in [3.05, 3.63) is 0 Å². The molecule has 0 amide bonds. The van der Waals surface area contributed by atoms with Crippen LogP contribution in [0.15, 0.2) is 0 Å². The van der Waals surface area contributed by atoms with Crippen molar-refractivity contribution in [2.75, 3.05) is 6.54 Å². The van der Waals surface area contributed by atoms with Gasteiger partial charge in [-0.2, -0.15) is 0 Å². The molecule has 0 spiro atoms. The molecule has 0 heterocycles. The van der Waals surface area contributed by atoms with Crippen molar-refractivity contribution in [3.8, 4) is 0 Å². The zero-order valence-corrected chi connectivity index (χ0v) is 25.6. The van der Waals surface area contributed by atoms with Crippen LogP contribution in [0.1, 0.15) is 153 Å². The smallest absolute Gasteiger partial charge is 0.139 e. The molecule has 2 unspecified atom stereocenters. The first-order chi connectivity index (χ1) is 16.5. The molecular formula is C32H65NO2. The van der Waals surface area contributed by atoms with Crippen molar-refractivity contribution in [3.63, 3.8) is 0 Å². The number of hydrogen-bond acceptors (Lipinski definition) is 3. The molecule has 0 saturated carbocycles. The van der Waals surface area contributed by atoms with Crippen LogP contribution in [0.3, 0.4) is 0 Å². The fourth-order valence-corrected chi connectivity index (χ4v) is 7.97. The third-order valence-corrected chi connectivity index (χ3v) is 9.76. The Balaban J connectivity index is 6.58. The van der Waals surface area contributed by atoms with Crippen LogP contribution in [-0.2, 0) is 4.79 Å². The molecular weight excluding hydrogens is 430 g/mol. The molecule has 2 N–H and O–H groups in total. The van der Waals surface area contributed by atoms with Crippen molar-refractivity contribution in [2.45, 2.75) is 165 Å². The first-order valence-electron chi connectivity index (χ1n) is 15.4. The van der Waals surface area contributed by atoms with Crippen LogP contribution in [0.25, 0.3) is 0 Å². The second kappa shape index (κ2) is 17.2. The SMILES string of the molecule is CCCC(CCC)(CCC)C(C)(CC(C)C(C)CN[C@@H](C=O)[C@H](C)O)C(CCC)(CCC)CCC. The molecule has 0 aromatic rings. The van der Waals surface area contributed by atoms with E-state index < -0.39 is 12.1 Å². The fourth-order valence-electron chi connectivity index (χ4n) is 7.97. The number of rotatable bonds is 22. The summed E-state index contributed by atoms with van der Waals surface area (Å²) < 4.78 is 0. The van der Waals surface area contributed by atoms with Gasteiger partial charge in [-0.05, 0) is 86.5 Å². The van der Waals surface area contributed by atoms with Gasteiger partial charge in [-0.3, -0.25) is 0 Å². The number of nitrogens with one attached hydrogen (secondary N) is 1. The number of aldehydes is 1. The molecule has 0 radical (unpaired) electrons. The minimum Gasteiger partial charge on any atom is -0.391 e. The third kappa shape index (κ3) is 8.84. The maximum absolute atomic E-state index is 11.4. The molecule has 0 aromatic heterocycles. The Kier molecular flexibility index (Phi) is 17.0. The van der Waals surface area contributed by atoms with E-state index in [0.29, 0.717) is 22.7 Å². The Morgan fingerprint density at radius 1 is 0.686 bits per heavy atom. The van der Waals surface area contributed by atoms with Crippen LogP contribution in [-0.4, -0.2) is 30.1 Å². The lowest BCUT2D eigenvalue weighted by Gasteiger charge is -2.62. The third-order valence-electron chi connectivity index (χ3n) is 9.76. The molecule has 0 bridgehead atoms. The zero-order valence-electron chi connectivity index (χ0n) is 25.6. The van der Waals surface area contributed by atoms with E-state index in [2.05, 4.69) is 67.6 Å². The van der Waals surface area contributed by atoms with Gasteiger partial charge < -0.3 is 15.2 Å². The molecule has 3 nitrogen and oxygen atoms in total. The molecule has 4 atom stereocenters. The van der Waals surface area contributed by atoms with Crippen molar-refractivity contribution in [1.82, 2.24) is 5.32 Å². The molecule has 210 valence electrons. The minimum absolute atomic E-state index is 0.270. The Hall–Kier alpha value is -0.410. The number of hydrogen-bond donors (Lipinski definition) is 2. The van der Waals surface area contributed by atoms with E-state index in [0.717, 1.165) is 12.8 Å². The lowest BCUT2D eigenvalue weighted by Crippen LogP contribution is -2.54. The van der Waals surface area contributed by atoms with E-state index >= 15 is 0 Å². The molecule has 3 heteroatoms. The van der Waals surface area contributed by atoms with Gasteiger partial charge in [-0.25, -0.2) is 0 Å². The highest BCUT2D eigenvalue weighted by Crippen LogP contribution is 2.66. The van der Waals surface area contributed by atoms with Crippen molar-refractivity contribution < 1.29 is 9.90 Å². The average Bonchev–Trinajstić information content (AvgIpc) is 2.79. The molecule has 0 rings (SSSR count). The molecule has 0 aliphatic carbocycles. The van der Waals surface area contributed by atoms with Gasteiger partial charge in [0.1, 0.15) is 6.29 Å². The van der Waals surface area contributed by atoms with Crippen LogP contribution in [0.4, 0.5) is 0 Å². The maximum atomic E-state index is 11.4. The molecule has 35 heavy (non-hydrogen) atoms. The van der Waals surface area contributed by atoms with Gasteiger partial charge in [0.2, 0.25) is 0 Å². The first-order valence-corrected chi connectivity index (χ1v) is 15.4. The Bertz CT molecular complexity index is 484. The molecule has 0 aromatic carbocycles. The molecule has 0 aliphatic rings. The van der Waals surface area contributed by atoms with E-state index in [1.54, 1.807) is 6.92 Å². The van der Waals surface area contributed by atoms with Gasteiger partial charge in [0.25, 0.3) is 0 Å². The highest BCUT2D eigenvalue weighted by atomic mass is 16.3. The number of carbonyl (C=O) groups is 1. The van der Waals surface area contributed by atoms with Crippen LogP contribution in [0.5, 0.6) is 0 Å². The number of aliphatic hydroxyl groups excluding tert-OH is 1. The second-order valence-electron chi connectivity index (χ2n) is 12.4. The topological polar surface area (TPSA) is 49.3 Å². The summed E-state index contributed by atoms with van der Waals surface area (Å²) in [6, 6.07) is -0.477. The number of carbonyl (C=O) groups excluding carboxylic acids is 1. The van der Waals surface area contributed by atoms with Crippen LogP contribution in [0.2, 0.25) is 0 Å². The van der Waals surface area contributed by atoms with E-state index in [1.807, 2.05) is 0 Å². The lowest BCUT2D eigenvalue weighted by molar-refractivity contribution is -0.126. The van der Waals surface area contributed by atoms with E-state index in [4.69, 9.17) is 0 Å².